The minimum Gasteiger partial charge on any atom is -0.465 e. The Labute approximate surface area is 190 Å². The number of anilines is 1. The van der Waals surface area contributed by atoms with Gasteiger partial charge in [-0.3, -0.25) is 9.59 Å². The van der Waals surface area contributed by atoms with Crippen LogP contribution < -0.4 is 10.7 Å². The lowest BCUT2D eigenvalue weighted by molar-refractivity contribution is 0.102. The average Bonchev–Trinajstić information content (AvgIpc) is 2.79. The highest BCUT2D eigenvalue weighted by Crippen LogP contribution is 2.27. The SMILES string of the molecule is CCCc1oc(C)c(C)c(=O)c1C(=O)Nc1c(CC)cc(Cc2ccccc2)cc1CC. The van der Waals surface area contributed by atoms with Gasteiger partial charge in [0.1, 0.15) is 17.1 Å². The first-order valence-electron chi connectivity index (χ1n) is 11.5. The first-order chi connectivity index (χ1) is 15.4. The Hall–Kier alpha value is -3.14. The molecule has 0 saturated heterocycles. The fourth-order valence-electron chi connectivity index (χ4n) is 4.09. The van der Waals surface area contributed by atoms with Gasteiger partial charge in [0, 0.05) is 17.7 Å². The van der Waals surface area contributed by atoms with Crippen LogP contribution in [0, 0.1) is 13.8 Å². The lowest BCUT2D eigenvalue weighted by Gasteiger charge is -2.18. The molecule has 1 heterocycles. The van der Waals surface area contributed by atoms with Gasteiger partial charge in [0.15, 0.2) is 0 Å². The van der Waals surface area contributed by atoms with E-state index in [0.717, 1.165) is 42.5 Å². The highest BCUT2D eigenvalue weighted by atomic mass is 16.3. The van der Waals surface area contributed by atoms with E-state index < -0.39 is 0 Å². The summed E-state index contributed by atoms with van der Waals surface area (Å²) >= 11 is 0. The van der Waals surface area contributed by atoms with Gasteiger partial charge >= 0.3 is 0 Å². The minimum atomic E-state index is -0.384. The van der Waals surface area contributed by atoms with Gasteiger partial charge in [-0.2, -0.15) is 0 Å². The van der Waals surface area contributed by atoms with Gasteiger partial charge in [0.2, 0.25) is 5.43 Å². The summed E-state index contributed by atoms with van der Waals surface area (Å²) in [6.45, 7) is 9.66. The number of benzene rings is 2. The van der Waals surface area contributed by atoms with E-state index in [1.807, 2.05) is 13.0 Å². The van der Waals surface area contributed by atoms with Crippen LogP contribution in [0.2, 0.25) is 0 Å². The van der Waals surface area contributed by atoms with E-state index in [9.17, 15) is 9.59 Å². The lowest BCUT2D eigenvalue weighted by Crippen LogP contribution is -2.26. The predicted molar refractivity (Wildman–Crippen MR) is 131 cm³/mol. The van der Waals surface area contributed by atoms with Crippen molar-refractivity contribution in [3.8, 4) is 0 Å². The molecule has 0 aliphatic heterocycles. The lowest BCUT2D eigenvalue weighted by atomic mass is 9.95. The number of carbonyl (C=O) groups excluding carboxylic acids is 1. The Bertz CT molecular complexity index is 1130. The number of rotatable bonds is 8. The van der Waals surface area contributed by atoms with Crippen molar-refractivity contribution in [3.05, 3.63) is 97.6 Å². The van der Waals surface area contributed by atoms with Gasteiger partial charge in [-0.1, -0.05) is 63.2 Å². The molecule has 4 nitrogen and oxygen atoms in total. The van der Waals surface area contributed by atoms with E-state index in [-0.39, 0.29) is 16.9 Å². The van der Waals surface area contributed by atoms with Crippen molar-refractivity contribution in [2.45, 2.75) is 66.7 Å². The molecule has 0 atom stereocenters. The van der Waals surface area contributed by atoms with Crippen LogP contribution in [0.1, 0.15) is 76.9 Å². The maximum absolute atomic E-state index is 13.3. The number of carbonyl (C=O) groups is 1. The van der Waals surface area contributed by atoms with E-state index >= 15 is 0 Å². The van der Waals surface area contributed by atoms with Gasteiger partial charge in [0.25, 0.3) is 5.91 Å². The molecule has 168 valence electrons. The molecule has 0 bridgehead atoms. The molecule has 4 heteroatoms. The first-order valence-corrected chi connectivity index (χ1v) is 11.5. The smallest absolute Gasteiger partial charge is 0.263 e. The Morgan fingerprint density at radius 3 is 2.12 bits per heavy atom. The molecule has 0 aliphatic carbocycles. The summed E-state index contributed by atoms with van der Waals surface area (Å²) in [6.07, 6.45) is 3.76. The van der Waals surface area contributed by atoms with Crippen molar-refractivity contribution in [2.75, 3.05) is 5.32 Å². The van der Waals surface area contributed by atoms with Gasteiger partial charge < -0.3 is 9.73 Å². The van der Waals surface area contributed by atoms with E-state index in [4.69, 9.17) is 4.42 Å². The summed E-state index contributed by atoms with van der Waals surface area (Å²) in [4.78, 5) is 26.3. The van der Waals surface area contributed by atoms with Crippen LogP contribution >= 0.6 is 0 Å². The molecule has 1 aromatic heterocycles. The van der Waals surface area contributed by atoms with E-state index in [1.165, 1.54) is 11.1 Å². The quantitative estimate of drug-likeness (QED) is 0.463. The number of hydrogen-bond donors (Lipinski definition) is 1. The van der Waals surface area contributed by atoms with Crippen molar-refractivity contribution in [1.82, 2.24) is 0 Å². The van der Waals surface area contributed by atoms with Crippen molar-refractivity contribution < 1.29 is 9.21 Å². The molecule has 1 N–H and O–H groups in total. The second-order valence-electron chi connectivity index (χ2n) is 8.27. The van der Waals surface area contributed by atoms with Crippen LogP contribution in [0.15, 0.2) is 51.7 Å². The zero-order valence-electron chi connectivity index (χ0n) is 19.8. The molecule has 0 spiro atoms. The third-order valence-electron chi connectivity index (χ3n) is 5.97. The van der Waals surface area contributed by atoms with E-state index in [2.05, 4.69) is 55.6 Å². The van der Waals surface area contributed by atoms with Crippen LogP contribution in [0.4, 0.5) is 5.69 Å². The number of hydrogen-bond acceptors (Lipinski definition) is 3. The van der Waals surface area contributed by atoms with Crippen LogP contribution in [0.25, 0.3) is 0 Å². The third kappa shape index (κ3) is 5.01. The molecule has 0 unspecified atom stereocenters. The molecular weight excluding hydrogens is 398 g/mol. The monoisotopic (exact) mass is 431 g/mol. The largest absolute Gasteiger partial charge is 0.465 e. The van der Waals surface area contributed by atoms with Crippen LogP contribution in [-0.2, 0) is 25.7 Å². The number of aryl methyl sites for hydroxylation is 4. The maximum atomic E-state index is 13.3. The molecular formula is C28H33NO3. The molecule has 3 aromatic rings. The van der Waals surface area contributed by atoms with Gasteiger partial charge in [-0.05, 0) is 61.8 Å². The van der Waals surface area contributed by atoms with E-state index in [1.54, 1.807) is 13.8 Å². The van der Waals surface area contributed by atoms with Gasteiger partial charge in [-0.25, -0.2) is 0 Å². The molecule has 0 radical (unpaired) electrons. The normalized spacial score (nSPS) is 10.9. The predicted octanol–water partition coefficient (Wildman–Crippen LogP) is 6.18. The van der Waals surface area contributed by atoms with Gasteiger partial charge in [-0.15, -0.1) is 0 Å². The highest BCUT2D eigenvalue weighted by molar-refractivity contribution is 6.05. The highest BCUT2D eigenvalue weighted by Gasteiger charge is 2.22. The van der Waals surface area contributed by atoms with E-state index in [0.29, 0.717) is 23.5 Å². The number of amides is 1. The molecule has 3 rings (SSSR count). The minimum absolute atomic E-state index is 0.132. The van der Waals surface area contributed by atoms with Gasteiger partial charge in [0.05, 0.1) is 0 Å². The molecule has 0 saturated carbocycles. The summed E-state index contributed by atoms with van der Waals surface area (Å²) in [5, 5.41) is 3.08. The second-order valence-corrected chi connectivity index (χ2v) is 8.27. The fraction of sp³-hybridized carbons (Fsp3) is 0.357. The standard InChI is InChI=1S/C28H33NO3/c1-6-12-24-25(27(30)18(4)19(5)32-24)28(31)29-26-22(7-2)16-21(17-23(26)8-3)15-20-13-10-9-11-14-20/h9-11,13-14,16-17H,6-8,12,15H2,1-5H3,(H,29,31). The Kier molecular flexibility index (Phi) is 7.68. The third-order valence-corrected chi connectivity index (χ3v) is 5.97. The molecule has 1 amide bonds. The van der Waals surface area contributed by atoms with Crippen LogP contribution in [0.3, 0.4) is 0 Å². The van der Waals surface area contributed by atoms with Crippen molar-refractivity contribution >= 4 is 11.6 Å². The molecule has 2 aromatic carbocycles. The number of nitrogens with one attached hydrogen (secondary N) is 1. The Morgan fingerprint density at radius 1 is 0.938 bits per heavy atom. The molecule has 0 aliphatic rings. The second kappa shape index (κ2) is 10.4. The summed E-state index contributed by atoms with van der Waals surface area (Å²) < 4.78 is 5.86. The summed E-state index contributed by atoms with van der Waals surface area (Å²) in [5.74, 6) is 0.657. The first kappa shape index (κ1) is 23.5. The summed E-state index contributed by atoms with van der Waals surface area (Å²) in [6, 6.07) is 14.7. The van der Waals surface area contributed by atoms with Crippen LogP contribution in [-0.4, -0.2) is 5.91 Å². The van der Waals surface area contributed by atoms with Crippen molar-refractivity contribution in [3.63, 3.8) is 0 Å². The van der Waals surface area contributed by atoms with Crippen molar-refractivity contribution in [2.24, 2.45) is 0 Å². The zero-order valence-corrected chi connectivity index (χ0v) is 19.8. The maximum Gasteiger partial charge on any atom is 0.263 e. The fourth-order valence-corrected chi connectivity index (χ4v) is 4.09. The average molecular weight is 432 g/mol. The summed E-state index contributed by atoms with van der Waals surface area (Å²) in [7, 11) is 0. The Morgan fingerprint density at radius 2 is 1.56 bits per heavy atom. The molecule has 32 heavy (non-hydrogen) atoms. The topological polar surface area (TPSA) is 59.3 Å². The molecule has 0 fully saturated rings. The summed E-state index contributed by atoms with van der Waals surface area (Å²) in [5.41, 5.74) is 5.82. The van der Waals surface area contributed by atoms with Crippen molar-refractivity contribution in [1.29, 1.82) is 0 Å². The Balaban J connectivity index is 2.01. The zero-order chi connectivity index (χ0) is 23.3. The van der Waals surface area contributed by atoms with Crippen LogP contribution in [0.5, 0.6) is 0 Å².